The Morgan fingerprint density at radius 2 is 2.38 bits per heavy atom. The number of aryl methyl sites for hydroxylation is 1. The Bertz CT molecular complexity index is 481. The maximum absolute atomic E-state index is 8.86. The van der Waals surface area contributed by atoms with Gasteiger partial charge in [-0.2, -0.15) is 14.6 Å². The van der Waals surface area contributed by atoms with Crippen LogP contribution in [-0.2, 0) is 0 Å². The van der Waals surface area contributed by atoms with E-state index in [2.05, 4.69) is 20.4 Å². The minimum Gasteiger partial charge on any atom is -0.396 e. The van der Waals surface area contributed by atoms with Crippen LogP contribution in [0.4, 0.5) is 5.82 Å². The molecule has 1 unspecified atom stereocenters. The largest absolute Gasteiger partial charge is 0.396 e. The van der Waals surface area contributed by atoms with Gasteiger partial charge in [-0.15, -0.1) is 0 Å². The van der Waals surface area contributed by atoms with E-state index in [1.54, 1.807) is 4.52 Å². The molecule has 16 heavy (non-hydrogen) atoms. The third-order valence-electron chi connectivity index (χ3n) is 2.34. The van der Waals surface area contributed by atoms with Crippen molar-refractivity contribution in [2.45, 2.75) is 26.3 Å². The smallest absolute Gasteiger partial charge is 0.254 e. The highest BCUT2D eigenvalue weighted by Gasteiger charge is 2.07. The molecule has 2 heterocycles. The van der Waals surface area contributed by atoms with Gasteiger partial charge in [-0.25, -0.2) is 4.98 Å². The second-order valence-electron chi connectivity index (χ2n) is 3.81. The molecule has 0 amide bonds. The van der Waals surface area contributed by atoms with Crippen molar-refractivity contribution in [3.63, 3.8) is 0 Å². The van der Waals surface area contributed by atoms with Gasteiger partial charge in [0.2, 0.25) is 0 Å². The van der Waals surface area contributed by atoms with Crippen molar-refractivity contribution in [1.82, 2.24) is 19.6 Å². The van der Waals surface area contributed by atoms with Crippen LogP contribution in [-0.4, -0.2) is 37.3 Å². The van der Waals surface area contributed by atoms with Gasteiger partial charge < -0.3 is 10.4 Å². The highest BCUT2D eigenvalue weighted by Crippen LogP contribution is 2.11. The summed E-state index contributed by atoms with van der Waals surface area (Å²) in [6.45, 7) is 4.09. The van der Waals surface area contributed by atoms with Crippen molar-refractivity contribution >= 4 is 11.6 Å². The second-order valence-corrected chi connectivity index (χ2v) is 3.81. The first kappa shape index (κ1) is 10.8. The molecule has 6 nitrogen and oxygen atoms in total. The van der Waals surface area contributed by atoms with E-state index < -0.39 is 0 Å². The number of fused-ring (bicyclic) bond motifs is 1. The van der Waals surface area contributed by atoms with Crippen LogP contribution < -0.4 is 5.32 Å². The summed E-state index contributed by atoms with van der Waals surface area (Å²) >= 11 is 0. The average molecular weight is 221 g/mol. The first-order valence-electron chi connectivity index (χ1n) is 5.25. The van der Waals surface area contributed by atoms with Crippen molar-refractivity contribution in [2.24, 2.45) is 0 Å². The van der Waals surface area contributed by atoms with Gasteiger partial charge in [0.25, 0.3) is 5.78 Å². The predicted molar refractivity (Wildman–Crippen MR) is 60.3 cm³/mol. The third-order valence-corrected chi connectivity index (χ3v) is 2.34. The van der Waals surface area contributed by atoms with E-state index in [0.29, 0.717) is 12.2 Å². The number of hydrogen-bond acceptors (Lipinski definition) is 5. The Morgan fingerprint density at radius 3 is 3.12 bits per heavy atom. The Balaban J connectivity index is 2.31. The van der Waals surface area contributed by atoms with Crippen LogP contribution in [0.25, 0.3) is 5.78 Å². The van der Waals surface area contributed by atoms with Crippen molar-refractivity contribution in [3.8, 4) is 0 Å². The molecule has 2 N–H and O–H groups in total. The minimum absolute atomic E-state index is 0.165. The quantitative estimate of drug-likeness (QED) is 0.791. The zero-order valence-corrected chi connectivity index (χ0v) is 9.38. The monoisotopic (exact) mass is 221 g/mol. The minimum atomic E-state index is 0.165. The third kappa shape index (κ3) is 2.11. The van der Waals surface area contributed by atoms with E-state index in [-0.39, 0.29) is 12.6 Å². The van der Waals surface area contributed by atoms with Gasteiger partial charge in [0, 0.05) is 24.4 Å². The lowest BCUT2D eigenvalue weighted by Crippen LogP contribution is -2.19. The lowest BCUT2D eigenvalue weighted by molar-refractivity contribution is 0.282. The zero-order valence-electron chi connectivity index (χ0n) is 9.38. The van der Waals surface area contributed by atoms with E-state index in [1.807, 2.05) is 19.9 Å². The summed E-state index contributed by atoms with van der Waals surface area (Å²) in [6, 6.07) is 2.09. The first-order valence-corrected chi connectivity index (χ1v) is 5.25. The number of nitrogens with one attached hydrogen (secondary N) is 1. The molecular formula is C10H15N5O. The van der Waals surface area contributed by atoms with Crippen LogP contribution in [0.3, 0.4) is 0 Å². The molecule has 2 rings (SSSR count). The first-order chi connectivity index (χ1) is 7.70. The van der Waals surface area contributed by atoms with Crippen LogP contribution >= 0.6 is 0 Å². The van der Waals surface area contributed by atoms with E-state index >= 15 is 0 Å². The highest BCUT2D eigenvalue weighted by atomic mass is 16.3. The second kappa shape index (κ2) is 4.44. The molecule has 0 saturated carbocycles. The van der Waals surface area contributed by atoms with Crippen molar-refractivity contribution in [1.29, 1.82) is 0 Å². The molecule has 0 spiro atoms. The summed E-state index contributed by atoms with van der Waals surface area (Å²) in [5, 5.41) is 16.2. The van der Waals surface area contributed by atoms with Crippen LogP contribution in [0.15, 0.2) is 12.4 Å². The number of aromatic nitrogens is 4. The van der Waals surface area contributed by atoms with Crippen LogP contribution in [0, 0.1) is 6.92 Å². The van der Waals surface area contributed by atoms with E-state index in [1.165, 1.54) is 6.33 Å². The molecule has 0 aliphatic carbocycles. The Labute approximate surface area is 93.3 Å². The molecule has 0 radical (unpaired) electrons. The van der Waals surface area contributed by atoms with Gasteiger partial charge in [0.05, 0.1) is 0 Å². The summed E-state index contributed by atoms with van der Waals surface area (Å²) in [6.07, 6.45) is 2.17. The van der Waals surface area contributed by atoms with E-state index in [9.17, 15) is 0 Å². The molecule has 86 valence electrons. The molecule has 0 bridgehead atoms. The molecule has 0 fully saturated rings. The topological polar surface area (TPSA) is 75.3 Å². The molecular weight excluding hydrogens is 206 g/mol. The fourth-order valence-corrected chi connectivity index (χ4v) is 1.55. The fraction of sp³-hybridized carbons (Fsp3) is 0.500. The lowest BCUT2D eigenvalue weighted by atomic mass is 10.2. The normalized spacial score (nSPS) is 12.9. The number of aliphatic hydroxyl groups is 1. The van der Waals surface area contributed by atoms with Gasteiger partial charge >= 0.3 is 0 Å². The summed E-state index contributed by atoms with van der Waals surface area (Å²) < 4.78 is 1.65. The van der Waals surface area contributed by atoms with Crippen molar-refractivity contribution in [3.05, 3.63) is 18.1 Å². The number of nitrogens with zero attached hydrogens (tertiary/aromatic N) is 4. The molecule has 0 aliphatic rings. The predicted octanol–water partition coefficient (Wildman–Crippen LogP) is 0.616. The van der Waals surface area contributed by atoms with Gasteiger partial charge in [-0.05, 0) is 20.3 Å². The van der Waals surface area contributed by atoms with E-state index in [0.717, 1.165) is 11.5 Å². The Morgan fingerprint density at radius 1 is 1.56 bits per heavy atom. The van der Waals surface area contributed by atoms with Crippen LogP contribution in [0.2, 0.25) is 0 Å². The van der Waals surface area contributed by atoms with Gasteiger partial charge in [-0.3, -0.25) is 0 Å². The van der Waals surface area contributed by atoms with Gasteiger partial charge in [0.15, 0.2) is 0 Å². The lowest BCUT2D eigenvalue weighted by Gasteiger charge is -2.14. The van der Waals surface area contributed by atoms with Crippen LogP contribution in [0.1, 0.15) is 19.0 Å². The highest BCUT2D eigenvalue weighted by molar-refractivity contribution is 5.45. The summed E-state index contributed by atoms with van der Waals surface area (Å²) in [5.74, 6) is 1.43. The fourth-order valence-electron chi connectivity index (χ4n) is 1.55. The van der Waals surface area contributed by atoms with Crippen molar-refractivity contribution < 1.29 is 5.11 Å². The van der Waals surface area contributed by atoms with Gasteiger partial charge in [-0.1, -0.05) is 0 Å². The van der Waals surface area contributed by atoms with Crippen molar-refractivity contribution in [2.75, 3.05) is 11.9 Å². The average Bonchev–Trinajstić information content (AvgIpc) is 2.65. The standard InChI is InChI=1S/C10H15N5O/c1-7(3-4-16)13-9-5-8(2)14-10-11-6-12-15(9)10/h5-7,13,16H,3-4H2,1-2H3. The Hall–Kier alpha value is -1.69. The molecule has 0 aromatic carbocycles. The van der Waals surface area contributed by atoms with Gasteiger partial charge in [0.1, 0.15) is 12.1 Å². The number of aliphatic hydroxyl groups excluding tert-OH is 1. The molecule has 0 aliphatic heterocycles. The van der Waals surface area contributed by atoms with E-state index in [4.69, 9.17) is 5.11 Å². The molecule has 2 aromatic rings. The Kier molecular flexibility index (Phi) is 3.00. The zero-order chi connectivity index (χ0) is 11.5. The molecule has 1 atom stereocenters. The molecule has 0 saturated heterocycles. The SMILES string of the molecule is Cc1cc(NC(C)CCO)n2ncnc2n1. The number of hydrogen-bond donors (Lipinski definition) is 2. The number of rotatable bonds is 4. The summed E-state index contributed by atoms with van der Waals surface area (Å²) in [7, 11) is 0. The maximum atomic E-state index is 8.86. The van der Waals surface area contributed by atoms with Crippen LogP contribution in [0.5, 0.6) is 0 Å². The summed E-state index contributed by atoms with van der Waals surface area (Å²) in [4.78, 5) is 8.29. The molecule has 2 aromatic heterocycles. The summed E-state index contributed by atoms with van der Waals surface area (Å²) in [5.41, 5.74) is 0.888. The maximum Gasteiger partial charge on any atom is 0.254 e. The number of anilines is 1. The molecule has 6 heteroatoms.